The van der Waals surface area contributed by atoms with Crippen molar-refractivity contribution in [1.29, 1.82) is 0 Å². The highest BCUT2D eigenvalue weighted by molar-refractivity contribution is 7.80. The molecule has 0 saturated carbocycles. The van der Waals surface area contributed by atoms with Crippen LogP contribution in [-0.2, 0) is 20.7 Å². The molecule has 1 amide bonds. The van der Waals surface area contributed by atoms with Gasteiger partial charge in [0.05, 0.1) is 15.7 Å². The Morgan fingerprint density at radius 3 is 1.52 bits per heavy atom. The van der Waals surface area contributed by atoms with Crippen molar-refractivity contribution in [2.45, 2.75) is 38.9 Å². The van der Waals surface area contributed by atoms with E-state index in [1.54, 1.807) is 24.3 Å². The largest absolute Gasteiger partial charge is 0.460 e. The number of nitrogens with one attached hydrogen (secondary N) is 2. The molecule has 0 fully saturated rings. The number of cyclic esters (lactones) is 1. The number of benzene rings is 4. The van der Waals surface area contributed by atoms with Crippen LogP contribution in [0.2, 0.25) is 10.0 Å². The van der Waals surface area contributed by atoms with Crippen LogP contribution in [0.4, 0.5) is 25.0 Å². The molecule has 10 heteroatoms. The minimum Gasteiger partial charge on any atom is -0.460 e. The first-order valence-electron chi connectivity index (χ1n) is 12.9. The number of halogens is 4. The molecule has 0 spiro atoms. The summed E-state index contributed by atoms with van der Waals surface area (Å²) in [6.07, 6.45) is -0.468. The van der Waals surface area contributed by atoms with Crippen molar-refractivity contribution in [3.8, 4) is 22.3 Å². The maximum atomic E-state index is 13.3. The molecule has 0 radical (unpaired) electrons. The van der Waals surface area contributed by atoms with E-state index in [0.717, 1.165) is 39.1 Å². The molecule has 0 aromatic heterocycles. The minimum atomic E-state index is -0.725. The van der Waals surface area contributed by atoms with Gasteiger partial charge in [-0.1, -0.05) is 47.5 Å². The highest BCUT2D eigenvalue weighted by Crippen LogP contribution is 2.40. The van der Waals surface area contributed by atoms with Crippen molar-refractivity contribution < 1.29 is 23.0 Å². The van der Waals surface area contributed by atoms with Gasteiger partial charge in [0.15, 0.2) is 0 Å². The van der Waals surface area contributed by atoms with Gasteiger partial charge in [0.2, 0.25) is 0 Å². The van der Waals surface area contributed by atoms with Crippen LogP contribution >= 0.6 is 35.4 Å². The van der Waals surface area contributed by atoms with Crippen LogP contribution in [0.3, 0.4) is 0 Å². The van der Waals surface area contributed by atoms with Crippen molar-refractivity contribution in [3.63, 3.8) is 0 Å². The lowest BCUT2D eigenvalue weighted by atomic mass is 9.91. The van der Waals surface area contributed by atoms with Gasteiger partial charge in [0.25, 0.3) is 5.17 Å². The second-order valence-corrected chi connectivity index (χ2v) is 12.0. The fourth-order valence-corrected chi connectivity index (χ4v) is 5.54. The van der Waals surface area contributed by atoms with Crippen LogP contribution in [0, 0.1) is 11.6 Å². The standard InChI is InChI=1S/C16H13ClFNO2.C16H13ClFNOS/c1-16(2)11-7-9(4-6-14(11)19-15(20)21-16)10-3-5-13(18)12(17)8-10;1-16(2)11-7-9(4-6-14(11)19-15(21)20-16)10-3-5-13(18)12(17)8-10/h3-8H,1-2H3,(H,19,20);3-8H,1-2H3,(H,19,21). The molecule has 0 unspecified atom stereocenters. The number of fused-ring (bicyclic) bond motifs is 2. The molecule has 2 heterocycles. The van der Waals surface area contributed by atoms with Gasteiger partial charge < -0.3 is 14.8 Å². The van der Waals surface area contributed by atoms with E-state index < -0.39 is 28.9 Å². The van der Waals surface area contributed by atoms with Crippen molar-refractivity contribution >= 4 is 58.1 Å². The summed E-state index contributed by atoms with van der Waals surface area (Å²) in [6.45, 7) is 7.57. The Hall–Kier alpha value is -3.72. The number of anilines is 2. The number of hydrogen-bond donors (Lipinski definition) is 2. The van der Waals surface area contributed by atoms with E-state index in [4.69, 9.17) is 44.9 Å². The molecule has 0 aliphatic carbocycles. The van der Waals surface area contributed by atoms with Crippen LogP contribution in [-0.4, -0.2) is 11.3 Å². The van der Waals surface area contributed by atoms with E-state index in [2.05, 4.69) is 10.6 Å². The number of amides is 1. The second kappa shape index (κ2) is 11.2. The average Bonchev–Trinajstić information content (AvgIpc) is 2.91. The summed E-state index contributed by atoms with van der Waals surface area (Å²) in [4.78, 5) is 11.5. The smallest absolute Gasteiger partial charge is 0.412 e. The summed E-state index contributed by atoms with van der Waals surface area (Å²) in [7, 11) is 0. The first kappa shape index (κ1) is 29.8. The van der Waals surface area contributed by atoms with Gasteiger partial charge in [-0.05, 0) is 111 Å². The number of thiocarbonyl (C=S) groups is 1. The zero-order chi connectivity index (χ0) is 30.4. The zero-order valence-corrected chi connectivity index (χ0v) is 25.4. The second-order valence-electron chi connectivity index (χ2n) is 10.8. The number of hydrogen-bond acceptors (Lipinski definition) is 4. The third-order valence-corrected chi connectivity index (χ3v) is 7.78. The Bertz CT molecular complexity index is 1620. The van der Waals surface area contributed by atoms with Gasteiger partial charge >= 0.3 is 6.09 Å². The van der Waals surface area contributed by atoms with Crippen molar-refractivity contribution in [2.24, 2.45) is 0 Å². The zero-order valence-electron chi connectivity index (χ0n) is 23.1. The lowest BCUT2D eigenvalue weighted by Crippen LogP contribution is -2.34. The molecule has 0 bridgehead atoms. The van der Waals surface area contributed by atoms with E-state index >= 15 is 0 Å². The van der Waals surface area contributed by atoms with Gasteiger partial charge in [-0.25, -0.2) is 13.6 Å². The number of rotatable bonds is 2. The highest BCUT2D eigenvalue weighted by atomic mass is 35.5. The molecular formula is C32H26Cl2F2N2O3S. The van der Waals surface area contributed by atoms with Crippen molar-refractivity contribution in [2.75, 3.05) is 10.6 Å². The van der Waals surface area contributed by atoms with Gasteiger partial charge in [-0.3, -0.25) is 5.32 Å². The number of carbonyl (C=O) groups excluding carboxylic acids is 1. The van der Waals surface area contributed by atoms with Crippen LogP contribution < -0.4 is 10.6 Å². The quantitative estimate of drug-likeness (QED) is 0.217. The van der Waals surface area contributed by atoms with Crippen molar-refractivity contribution in [3.05, 3.63) is 106 Å². The first-order chi connectivity index (χ1) is 19.7. The fourth-order valence-electron chi connectivity index (χ4n) is 4.86. The molecule has 2 N–H and O–H groups in total. The maximum absolute atomic E-state index is 13.3. The molecule has 0 atom stereocenters. The van der Waals surface area contributed by atoms with E-state index in [1.807, 2.05) is 64.1 Å². The van der Waals surface area contributed by atoms with Crippen LogP contribution in [0.5, 0.6) is 0 Å². The lowest BCUT2D eigenvalue weighted by molar-refractivity contribution is 0.0421. The molecule has 216 valence electrons. The molecule has 6 rings (SSSR count). The summed E-state index contributed by atoms with van der Waals surface area (Å²) in [5.41, 5.74) is 5.74. The third kappa shape index (κ3) is 6.07. The minimum absolute atomic E-state index is 0.0778. The molecule has 0 saturated heterocycles. The molecule has 42 heavy (non-hydrogen) atoms. The lowest BCUT2D eigenvalue weighted by Gasteiger charge is -2.34. The molecular weight excluding hydrogens is 601 g/mol. The maximum Gasteiger partial charge on any atom is 0.412 e. The third-order valence-electron chi connectivity index (χ3n) is 7.01. The van der Waals surface area contributed by atoms with E-state index in [9.17, 15) is 13.6 Å². The number of carbonyl (C=O) groups is 1. The summed E-state index contributed by atoms with van der Waals surface area (Å²) >= 11 is 16.8. The Balaban J connectivity index is 0.000000168. The van der Waals surface area contributed by atoms with Gasteiger partial charge in [-0.2, -0.15) is 0 Å². The Morgan fingerprint density at radius 1 is 0.643 bits per heavy atom. The van der Waals surface area contributed by atoms with Crippen LogP contribution in [0.15, 0.2) is 72.8 Å². The van der Waals surface area contributed by atoms with Crippen LogP contribution in [0.25, 0.3) is 22.3 Å². The Labute approximate surface area is 257 Å². The Kier molecular flexibility index (Phi) is 7.91. The summed E-state index contributed by atoms with van der Waals surface area (Å²) < 4.78 is 37.5. The van der Waals surface area contributed by atoms with Gasteiger partial charge in [0.1, 0.15) is 22.8 Å². The Morgan fingerprint density at radius 2 is 1.05 bits per heavy atom. The molecule has 2 aliphatic rings. The fraction of sp³-hybridized carbons (Fsp3) is 0.188. The normalized spacial score (nSPS) is 15.9. The number of ether oxygens (including phenoxy) is 2. The summed E-state index contributed by atoms with van der Waals surface area (Å²) in [5.74, 6) is -0.872. The summed E-state index contributed by atoms with van der Waals surface area (Å²) in [6, 6.07) is 20.7. The predicted octanol–water partition coefficient (Wildman–Crippen LogP) is 10.1. The molecule has 5 nitrogen and oxygen atoms in total. The SMILES string of the molecule is CC1(C)OC(=O)Nc2ccc(-c3ccc(F)c(Cl)c3)cc21.CC1(C)OC(=S)Nc2ccc(-c3ccc(F)c(Cl)c3)cc21. The van der Waals surface area contributed by atoms with Gasteiger partial charge in [0, 0.05) is 16.8 Å². The van der Waals surface area contributed by atoms with Gasteiger partial charge in [-0.15, -0.1) is 0 Å². The van der Waals surface area contributed by atoms with E-state index in [-0.39, 0.29) is 10.0 Å². The van der Waals surface area contributed by atoms with Crippen molar-refractivity contribution in [1.82, 2.24) is 0 Å². The average molecular weight is 628 g/mol. The molecule has 2 aliphatic heterocycles. The van der Waals surface area contributed by atoms with E-state index in [1.165, 1.54) is 12.1 Å². The topological polar surface area (TPSA) is 59.6 Å². The molecule has 4 aromatic rings. The van der Waals surface area contributed by atoms with E-state index in [0.29, 0.717) is 10.9 Å². The van der Waals surface area contributed by atoms with Crippen LogP contribution in [0.1, 0.15) is 38.8 Å². The monoisotopic (exact) mass is 626 g/mol. The predicted molar refractivity (Wildman–Crippen MR) is 167 cm³/mol. The molecule has 4 aromatic carbocycles. The highest BCUT2D eigenvalue weighted by Gasteiger charge is 2.34. The summed E-state index contributed by atoms with van der Waals surface area (Å²) in [5, 5.41) is 6.26. The first-order valence-corrected chi connectivity index (χ1v) is 14.1.